The van der Waals surface area contributed by atoms with Gasteiger partial charge in [0.15, 0.2) is 0 Å². The molecule has 2 aromatic rings. The van der Waals surface area contributed by atoms with Crippen LogP contribution in [0.15, 0.2) is 24.3 Å². The summed E-state index contributed by atoms with van der Waals surface area (Å²) in [5.41, 5.74) is 0.608. The number of nitrogens with zero attached hydrogens (tertiary/aromatic N) is 3. The molecule has 5 heteroatoms. The zero-order chi connectivity index (χ0) is 11.8. The predicted octanol–water partition coefficient (Wildman–Crippen LogP) is 3.00. The van der Waals surface area contributed by atoms with Crippen LogP contribution in [-0.2, 0) is 6.54 Å². The van der Waals surface area contributed by atoms with E-state index in [2.05, 4.69) is 10.2 Å². The topological polar surface area (TPSA) is 30.7 Å². The Bertz CT molecular complexity index is 548. The van der Waals surface area contributed by atoms with Crippen LogP contribution >= 0.6 is 11.6 Å². The lowest BCUT2D eigenvalue weighted by Gasteiger charge is -2.07. The van der Waals surface area contributed by atoms with Crippen LogP contribution in [-0.4, -0.2) is 14.8 Å². The summed E-state index contributed by atoms with van der Waals surface area (Å²) < 4.78 is 15.4. The number of halogens is 2. The quantitative estimate of drug-likeness (QED) is 0.840. The third-order valence-electron chi connectivity index (χ3n) is 2.96. The van der Waals surface area contributed by atoms with Gasteiger partial charge in [-0.3, -0.25) is 4.57 Å². The van der Waals surface area contributed by atoms with E-state index in [4.69, 9.17) is 11.6 Å². The molecule has 1 heterocycles. The summed E-state index contributed by atoms with van der Waals surface area (Å²) >= 11 is 5.99. The molecule has 0 spiro atoms. The van der Waals surface area contributed by atoms with Gasteiger partial charge < -0.3 is 0 Å². The van der Waals surface area contributed by atoms with Crippen LogP contribution in [0.2, 0.25) is 5.28 Å². The average molecular weight is 252 g/mol. The molecule has 0 amide bonds. The molecule has 0 N–H and O–H groups in total. The van der Waals surface area contributed by atoms with Gasteiger partial charge in [-0.15, -0.1) is 10.2 Å². The number of hydrogen-bond donors (Lipinski definition) is 0. The molecule has 1 saturated carbocycles. The van der Waals surface area contributed by atoms with Gasteiger partial charge in [0.2, 0.25) is 5.28 Å². The van der Waals surface area contributed by atoms with Crippen molar-refractivity contribution < 1.29 is 4.39 Å². The zero-order valence-electron chi connectivity index (χ0n) is 9.11. The summed E-state index contributed by atoms with van der Waals surface area (Å²) in [6.45, 7) is 0.393. The van der Waals surface area contributed by atoms with Gasteiger partial charge in [0.05, 0.1) is 6.54 Å². The Morgan fingerprint density at radius 1 is 1.29 bits per heavy atom. The first-order valence-corrected chi connectivity index (χ1v) is 5.95. The van der Waals surface area contributed by atoms with E-state index < -0.39 is 0 Å². The molecule has 1 aromatic heterocycles. The average Bonchev–Trinajstić information content (AvgIpc) is 3.09. The molecule has 17 heavy (non-hydrogen) atoms. The highest BCUT2D eigenvalue weighted by molar-refractivity contribution is 6.28. The number of aromatic nitrogens is 3. The van der Waals surface area contributed by atoms with E-state index in [0.29, 0.717) is 23.3 Å². The Balaban J connectivity index is 1.94. The summed E-state index contributed by atoms with van der Waals surface area (Å²) in [5, 5.41) is 8.25. The van der Waals surface area contributed by atoms with E-state index in [1.54, 1.807) is 16.7 Å². The van der Waals surface area contributed by atoms with Gasteiger partial charge in [0, 0.05) is 11.5 Å². The molecular formula is C12H11ClFN3. The minimum atomic E-state index is -0.223. The second-order valence-corrected chi connectivity index (χ2v) is 4.62. The molecule has 0 aliphatic heterocycles. The van der Waals surface area contributed by atoms with E-state index >= 15 is 0 Å². The van der Waals surface area contributed by atoms with Crippen molar-refractivity contribution in [3.05, 3.63) is 46.8 Å². The van der Waals surface area contributed by atoms with Crippen LogP contribution in [0.1, 0.15) is 30.1 Å². The van der Waals surface area contributed by atoms with Gasteiger partial charge in [0.25, 0.3) is 0 Å². The van der Waals surface area contributed by atoms with Crippen LogP contribution in [0, 0.1) is 5.82 Å². The second-order valence-electron chi connectivity index (χ2n) is 4.28. The molecule has 0 unspecified atom stereocenters. The molecule has 1 fully saturated rings. The minimum Gasteiger partial charge on any atom is -0.297 e. The van der Waals surface area contributed by atoms with Crippen LogP contribution < -0.4 is 0 Å². The Kier molecular flexibility index (Phi) is 2.59. The highest BCUT2D eigenvalue weighted by atomic mass is 35.5. The molecule has 88 valence electrons. The lowest BCUT2D eigenvalue weighted by atomic mass is 10.2. The fraction of sp³-hybridized carbons (Fsp3) is 0.333. The van der Waals surface area contributed by atoms with Crippen molar-refractivity contribution in [3.63, 3.8) is 0 Å². The van der Waals surface area contributed by atoms with E-state index in [1.165, 1.54) is 6.07 Å². The molecule has 1 aromatic carbocycles. The first-order valence-electron chi connectivity index (χ1n) is 5.57. The normalized spacial score (nSPS) is 15.2. The lowest BCUT2D eigenvalue weighted by molar-refractivity contribution is 0.594. The summed E-state index contributed by atoms with van der Waals surface area (Å²) in [7, 11) is 0. The van der Waals surface area contributed by atoms with Crippen LogP contribution in [0.3, 0.4) is 0 Å². The molecular weight excluding hydrogens is 241 g/mol. The van der Waals surface area contributed by atoms with Crippen molar-refractivity contribution in [1.29, 1.82) is 0 Å². The first kappa shape index (κ1) is 10.7. The zero-order valence-corrected chi connectivity index (χ0v) is 9.86. The fourth-order valence-corrected chi connectivity index (χ4v) is 2.07. The van der Waals surface area contributed by atoms with Crippen molar-refractivity contribution >= 4 is 11.6 Å². The third kappa shape index (κ3) is 2.05. The van der Waals surface area contributed by atoms with Crippen LogP contribution in [0.4, 0.5) is 4.39 Å². The third-order valence-corrected chi connectivity index (χ3v) is 3.24. The molecule has 0 saturated heterocycles. The van der Waals surface area contributed by atoms with Crippen molar-refractivity contribution in [3.8, 4) is 0 Å². The molecule has 3 nitrogen and oxygen atoms in total. The monoisotopic (exact) mass is 251 g/mol. The Labute approximate surface area is 103 Å². The predicted molar refractivity (Wildman–Crippen MR) is 62.5 cm³/mol. The molecule has 0 bridgehead atoms. The highest BCUT2D eigenvalue weighted by Gasteiger charge is 2.30. The minimum absolute atomic E-state index is 0.223. The number of rotatable bonds is 3. The SMILES string of the molecule is Fc1ccccc1Cn1c(Cl)nnc1C1CC1. The van der Waals surface area contributed by atoms with Crippen molar-refractivity contribution in [2.45, 2.75) is 25.3 Å². The molecule has 0 atom stereocenters. The van der Waals surface area contributed by atoms with E-state index in [-0.39, 0.29) is 5.82 Å². The Morgan fingerprint density at radius 2 is 2.06 bits per heavy atom. The van der Waals surface area contributed by atoms with E-state index in [1.807, 2.05) is 6.07 Å². The van der Waals surface area contributed by atoms with Crippen molar-refractivity contribution in [1.82, 2.24) is 14.8 Å². The van der Waals surface area contributed by atoms with E-state index in [9.17, 15) is 4.39 Å². The van der Waals surface area contributed by atoms with Gasteiger partial charge in [-0.25, -0.2) is 4.39 Å². The number of hydrogen-bond acceptors (Lipinski definition) is 2. The Hall–Kier alpha value is -1.42. The maximum absolute atomic E-state index is 13.6. The molecule has 0 radical (unpaired) electrons. The van der Waals surface area contributed by atoms with Gasteiger partial charge >= 0.3 is 0 Å². The lowest BCUT2D eigenvalue weighted by Crippen LogP contribution is -2.06. The van der Waals surface area contributed by atoms with Crippen molar-refractivity contribution in [2.75, 3.05) is 0 Å². The smallest absolute Gasteiger partial charge is 0.225 e. The van der Waals surface area contributed by atoms with Crippen molar-refractivity contribution in [2.24, 2.45) is 0 Å². The molecule has 1 aliphatic carbocycles. The second kappa shape index (κ2) is 4.11. The van der Waals surface area contributed by atoms with Gasteiger partial charge in [0.1, 0.15) is 11.6 Å². The van der Waals surface area contributed by atoms with Gasteiger partial charge in [-0.05, 0) is 30.5 Å². The van der Waals surface area contributed by atoms with Crippen LogP contribution in [0.5, 0.6) is 0 Å². The van der Waals surface area contributed by atoms with Crippen LogP contribution in [0.25, 0.3) is 0 Å². The summed E-state index contributed by atoms with van der Waals surface area (Å²) in [4.78, 5) is 0. The van der Waals surface area contributed by atoms with Gasteiger partial charge in [-0.2, -0.15) is 0 Å². The summed E-state index contributed by atoms with van der Waals surface area (Å²) in [6.07, 6.45) is 2.23. The highest BCUT2D eigenvalue weighted by Crippen LogP contribution is 2.39. The molecule has 3 rings (SSSR count). The fourth-order valence-electron chi connectivity index (χ4n) is 1.88. The maximum atomic E-state index is 13.6. The summed E-state index contributed by atoms with van der Waals surface area (Å²) in [6, 6.07) is 6.69. The van der Waals surface area contributed by atoms with E-state index in [0.717, 1.165) is 18.7 Å². The maximum Gasteiger partial charge on any atom is 0.225 e. The first-order chi connectivity index (χ1) is 8.25. The standard InChI is InChI=1S/C12H11ClFN3/c13-12-16-15-11(8-5-6-8)17(12)7-9-3-1-2-4-10(9)14/h1-4,8H,5-7H2. The Morgan fingerprint density at radius 3 is 2.76 bits per heavy atom. The number of benzene rings is 1. The largest absolute Gasteiger partial charge is 0.297 e. The molecule has 1 aliphatic rings. The summed E-state index contributed by atoms with van der Waals surface area (Å²) in [5.74, 6) is 1.10. The van der Waals surface area contributed by atoms with Gasteiger partial charge in [-0.1, -0.05) is 18.2 Å².